The molecule has 0 saturated heterocycles. The zero-order chi connectivity index (χ0) is 13.2. The van der Waals surface area contributed by atoms with Gasteiger partial charge in [0.15, 0.2) is 0 Å². The van der Waals surface area contributed by atoms with Crippen molar-refractivity contribution in [3.05, 3.63) is 0 Å². The molecule has 1 amide bonds. The lowest BCUT2D eigenvalue weighted by Gasteiger charge is -2.16. The Morgan fingerprint density at radius 3 is 2.29 bits per heavy atom. The van der Waals surface area contributed by atoms with Gasteiger partial charge >= 0.3 is 5.97 Å². The second-order valence-corrected chi connectivity index (χ2v) is 5.24. The summed E-state index contributed by atoms with van der Waals surface area (Å²) in [7, 11) is 0. The Bertz CT molecular complexity index is 314. The maximum atomic E-state index is 11.9. The lowest BCUT2D eigenvalue weighted by atomic mass is 10.1. The Kier molecular flexibility index (Phi) is 4.14. The van der Waals surface area contributed by atoms with Gasteiger partial charge in [0.1, 0.15) is 0 Å². The highest BCUT2D eigenvalue weighted by molar-refractivity contribution is 5.91. The van der Waals surface area contributed by atoms with E-state index in [0.29, 0.717) is 6.42 Å². The standard InChI is InChI=1S/C12H21NO4/c1-4-7(5-6-14)13-10(15)8-9(11(16)17)12(8,2)3/h7-9,14H,4-6H2,1-3H3,(H,13,15)(H,16,17). The molecule has 0 aromatic heterocycles. The molecule has 5 heteroatoms. The average molecular weight is 243 g/mol. The van der Waals surface area contributed by atoms with Gasteiger partial charge in [0.25, 0.3) is 0 Å². The van der Waals surface area contributed by atoms with Crippen LogP contribution in [0.3, 0.4) is 0 Å². The third-order valence-electron chi connectivity index (χ3n) is 3.69. The Labute approximate surface area is 101 Å². The van der Waals surface area contributed by atoms with E-state index in [0.717, 1.165) is 6.42 Å². The molecule has 1 saturated carbocycles. The summed E-state index contributed by atoms with van der Waals surface area (Å²) in [5.41, 5.74) is -0.465. The largest absolute Gasteiger partial charge is 0.481 e. The summed E-state index contributed by atoms with van der Waals surface area (Å²) >= 11 is 0. The number of hydrogen-bond donors (Lipinski definition) is 3. The maximum absolute atomic E-state index is 11.9. The lowest BCUT2D eigenvalue weighted by molar-refractivity contribution is -0.140. The third kappa shape index (κ3) is 2.77. The summed E-state index contributed by atoms with van der Waals surface area (Å²) in [6, 6.07) is -0.0710. The molecule has 1 aliphatic rings. The fraction of sp³-hybridized carbons (Fsp3) is 0.833. The van der Waals surface area contributed by atoms with Gasteiger partial charge in [-0.05, 0) is 18.3 Å². The SMILES string of the molecule is CCC(CCO)NC(=O)C1C(C(=O)O)C1(C)C. The van der Waals surface area contributed by atoms with Crippen LogP contribution in [0.4, 0.5) is 0 Å². The van der Waals surface area contributed by atoms with E-state index in [1.165, 1.54) is 0 Å². The van der Waals surface area contributed by atoms with Crippen molar-refractivity contribution < 1.29 is 19.8 Å². The molecular formula is C12H21NO4. The zero-order valence-electron chi connectivity index (χ0n) is 10.6. The molecule has 3 unspecified atom stereocenters. The topological polar surface area (TPSA) is 86.6 Å². The van der Waals surface area contributed by atoms with Gasteiger partial charge in [-0.15, -0.1) is 0 Å². The van der Waals surface area contributed by atoms with E-state index in [-0.39, 0.29) is 18.6 Å². The fourth-order valence-corrected chi connectivity index (χ4v) is 2.41. The monoisotopic (exact) mass is 243 g/mol. The lowest BCUT2D eigenvalue weighted by Crippen LogP contribution is -2.37. The number of carboxylic acid groups (broad SMARTS) is 1. The third-order valence-corrected chi connectivity index (χ3v) is 3.69. The second kappa shape index (κ2) is 5.04. The van der Waals surface area contributed by atoms with Gasteiger partial charge in [0.2, 0.25) is 5.91 Å². The number of nitrogens with one attached hydrogen (secondary N) is 1. The molecule has 0 aromatic carbocycles. The summed E-state index contributed by atoms with van der Waals surface area (Å²) in [6.45, 7) is 5.54. The van der Waals surface area contributed by atoms with E-state index >= 15 is 0 Å². The van der Waals surface area contributed by atoms with Crippen LogP contribution in [0.2, 0.25) is 0 Å². The second-order valence-electron chi connectivity index (χ2n) is 5.24. The molecule has 98 valence electrons. The first-order chi connectivity index (χ1) is 7.86. The van der Waals surface area contributed by atoms with Crippen LogP contribution in [0, 0.1) is 17.3 Å². The van der Waals surface area contributed by atoms with Crippen molar-refractivity contribution in [2.24, 2.45) is 17.3 Å². The van der Waals surface area contributed by atoms with Gasteiger partial charge in [0, 0.05) is 12.6 Å². The molecule has 0 heterocycles. The van der Waals surface area contributed by atoms with Gasteiger partial charge in [0.05, 0.1) is 11.8 Å². The van der Waals surface area contributed by atoms with E-state index < -0.39 is 23.2 Å². The molecule has 1 aliphatic carbocycles. The van der Waals surface area contributed by atoms with E-state index in [1.807, 2.05) is 6.92 Å². The van der Waals surface area contributed by atoms with Crippen LogP contribution < -0.4 is 5.32 Å². The summed E-state index contributed by atoms with van der Waals surface area (Å²) in [5, 5.41) is 20.6. The molecule has 5 nitrogen and oxygen atoms in total. The first-order valence-electron chi connectivity index (χ1n) is 6.00. The number of hydrogen-bond acceptors (Lipinski definition) is 3. The molecule has 0 bridgehead atoms. The minimum Gasteiger partial charge on any atom is -0.481 e. The van der Waals surface area contributed by atoms with Crippen LogP contribution in [-0.2, 0) is 9.59 Å². The van der Waals surface area contributed by atoms with Crippen molar-refractivity contribution in [2.45, 2.75) is 39.7 Å². The van der Waals surface area contributed by atoms with Crippen LogP contribution >= 0.6 is 0 Å². The highest BCUT2D eigenvalue weighted by Gasteiger charge is 2.65. The zero-order valence-corrected chi connectivity index (χ0v) is 10.6. The quantitative estimate of drug-likeness (QED) is 0.638. The van der Waals surface area contributed by atoms with Crippen LogP contribution in [-0.4, -0.2) is 34.7 Å². The van der Waals surface area contributed by atoms with Gasteiger partial charge in [-0.2, -0.15) is 0 Å². The summed E-state index contributed by atoms with van der Waals surface area (Å²) in [5.74, 6) is -2.16. The van der Waals surface area contributed by atoms with E-state index in [9.17, 15) is 9.59 Å². The van der Waals surface area contributed by atoms with Crippen LogP contribution in [0.1, 0.15) is 33.6 Å². The first kappa shape index (κ1) is 14.0. The van der Waals surface area contributed by atoms with Crippen LogP contribution in [0.15, 0.2) is 0 Å². The Balaban J connectivity index is 2.58. The van der Waals surface area contributed by atoms with Gasteiger partial charge in [-0.3, -0.25) is 9.59 Å². The van der Waals surface area contributed by atoms with Crippen molar-refractivity contribution in [3.8, 4) is 0 Å². The highest BCUT2D eigenvalue weighted by Crippen LogP contribution is 2.58. The van der Waals surface area contributed by atoms with Crippen LogP contribution in [0.5, 0.6) is 0 Å². The predicted octanol–water partition coefficient (Wildman–Crippen LogP) is 0.620. The van der Waals surface area contributed by atoms with Gasteiger partial charge in [-0.1, -0.05) is 20.8 Å². The minimum absolute atomic E-state index is 0.0230. The number of carbonyl (C=O) groups excluding carboxylic acids is 1. The molecule has 0 aromatic rings. The molecular weight excluding hydrogens is 222 g/mol. The number of aliphatic hydroxyl groups is 1. The first-order valence-corrected chi connectivity index (χ1v) is 6.00. The Morgan fingerprint density at radius 2 is 1.94 bits per heavy atom. The molecule has 3 atom stereocenters. The average Bonchev–Trinajstić information content (AvgIpc) is 2.81. The number of aliphatic carboxylic acids is 1. The summed E-state index contributed by atoms with van der Waals surface area (Å²) in [6.07, 6.45) is 1.24. The maximum Gasteiger partial charge on any atom is 0.307 e. The smallest absolute Gasteiger partial charge is 0.307 e. The summed E-state index contributed by atoms with van der Waals surface area (Å²) in [4.78, 5) is 22.9. The van der Waals surface area contributed by atoms with Gasteiger partial charge < -0.3 is 15.5 Å². The molecule has 1 rings (SSSR count). The predicted molar refractivity (Wildman–Crippen MR) is 62.3 cm³/mol. The van der Waals surface area contributed by atoms with E-state index in [2.05, 4.69) is 5.32 Å². The molecule has 0 radical (unpaired) electrons. The minimum atomic E-state index is -0.912. The van der Waals surface area contributed by atoms with E-state index in [1.54, 1.807) is 13.8 Å². The van der Waals surface area contributed by atoms with Crippen molar-refractivity contribution in [1.82, 2.24) is 5.32 Å². The number of carboxylic acids is 1. The number of aliphatic hydroxyl groups excluding tert-OH is 1. The molecule has 0 aliphatic heterocycles. The normalized spacial score (nSPS) is 27.3. The number of rotatable bonds is 6. The number of amides is 1. The van der Waals surface area contributed by atoms with Crippen molar-refractivity contribution in [1.29, 1.82) is 0 Å². The van der Waals surface area contributed by atoms with Crippen molar-refractivity contribution in [2.75, 3.05) is 6.61 Å². The summed E-state index contributed by atoms with van der Waals surface area (Å²) < 4.78 is 0. The van der Waals surface area contributed by atoms with Crippen LogP contribution in [0.25, 0.3) is 0 Å². The Hall–Kier alpha value is -1.10. The molecule has 1 fully saturated rings. The number of carbonyl (C=O) groups is 2. The molecule has 0 spiro atoms. The molecule has 3 N–H and O–H groups in total. The van der Waals surface area contributed by atoms with Crippen molar-refractivity contribution >= 4 is 11.9 Å². The van der Waals surface area contributed by atoms with E-state index in [4.69, 9.17) is 10.2 Å². The Morgan fingerprint density at radius 1 is 1.35 bits per heavy atom. The van der Waals surface area contributed by atoms with Crippen molar-refractivity contribution in [3.63, 3.8) is 0 Å². The highest BCUT2D eigenvalue weighted by atomic mass is 16.4. The molecule has 17 heavy (non-hydrogen) atoms. The fourth-order valence-electron chi connectivity index (χ4n) is 2.41. The van der Waals surface area contributed by atoms with Gasteiger partial charge in [-0.25, -0.2) is 0 Å².